The van der Waals surface area contributed by atoms with E-state index < -0.39 is 21.8 Å². The van der Waals surface area contributed by atoms with Gasteiger partial charge in [0.2, 0.25) is 0 Å². The Morgan fingerprint density at radius 1 is 0.912 bits per heavy atom. The molecule has 0 atom stereocenters. The third-order valence-electron chi connectivity index (χ3n) is 4.74. The largest absolute Gasteiger partial charge is 0.494 e. The standard InChI is InChI=1S/C23H20F3NO6S/c1-2-30-16-4-6-17(7-5-16)33-20-9-3-15(23(24,25)26)13-19(20)27-34(28,29)18-8-10-21-22(14-18)32-12-11-31-21/h3-10,13-14,27H,2,11-12H2,1H3. The maximum atomic E-state index is 13.3. The van der Waals surface area contributed by atoms with Gasteiger partial charge in [0.15, 0.2) is 17.2 Å². The molecule has 1 heterocycles. The van der Waals surface area contributed by atoms with Crippen molar-refractivity contribution >= 4 is 15.7 Å². The van der Waals surface area contributed by atoms with Crippen molar-refractivity contribution in [3.05, 3.63) is 66.2 Å². The van der Waals surface area contributed by atoms with Crippen LogP contribution in [0.5, 0.6) is 28.7 Å². The highest BCUT2D eigenvalue weighted by Gasteiger charge is 2.32. The van der Waals surface area contributed by atoms with Gasteiger partial charge in [0, 0.05) is 6.07 Å². The fraction of sp³-hybridized carbons (Fsp3) is 0.217. The Balaban J connectivity index is 1.67. The average Bonchev–Trinajstić information content (AvgIpc) is 2.80. The zero-order valence-electron chi connectivity index (χ0n) is 17.9. The zero-order valence-corrected chi connectivity index (χ0v) is 18.7. The minimum atomic E-state index is -4.69. The number of rotatable bonds is 7. The van der Waals surface area contributed by atoms with Gasteiger partial charge in [0.1, 0.15) is 24.7 Å². The van der Waals surface area contributed by atoms with Crippen LogP contribution in [0.1, 0.15) is 12.5 Å². The molecule has 1 aliphatic rings. The molecular formula is C23H20F3NO6S. The van der Waals surface area contributed by atoms with E-state index in [4.69, 9.17) is 18.9 Å². The smallest absolute Gasteiger partial charge is 0.416 e. The van der Waals surface area contributed by atoms with Gasteiger partial charge in [-0.3, -0.25) is 4.72 Å². The summed E-state index contributed by atoms with van der Waals surface area (Å²) in [6.45, 7) is 2.86. The molecule has 180 valence electrons. The lowest BCUT2D eigenvalue weighted by Gasteiger charge is -2.19. The van der Waals surface area contributed by atoms with Crippen molar-refractivity contribution in [3.63, 3.8) is 0 Å². The summed E-state index contributed by atoms with van der Waals surface area (Å²) >= 11 is 0. The number of sulfonamides is 1. The lowest BCUT2D eigenvalue weighted by atomic mass is 10.2. The number of hydrogen-bond donors (Lipinski definition) is 1. The summed E-state index contributed by atoms with van der Waals surface area (Å²) in [6.07, 6.45) is -4.69. The van der Waals surface area contributed by atoms with Crippen LogP contribution in [0.4, 0.5) is 18.9 Å². The molecule has 0 aromatic heterocycles. The number of benzene rings is 3. The Hall–Kier alpha value is -3.60. The van der Waals surface area contributed by atoms with Gasteiger partial charge in [0.05, 0.1) is 22.8 Å². The lowest BCUT2D eigenvalue weighted by Crippen LogP contribution is -2.18. The fourth-order valence-corrected chi connectivity index (χ4v) is 4.24. The van der Waals surface area contributed by atoms with E-state index in [0.29, 0.717) is 30.8 Å². The summed E-state index contributed by atoms with van der Waals surface area (Å²) in [7, 11) is -4.29. The van der Waals surface area contributed by atoms with E-state index >= 15 is 0 Å². The number of nitrogens with one attached hydrogen (secondary N) is 1. The minimum absolute atomic E-state index is 0.113. The highest BCUT2D eigenvalue weighted by Crippen LogP contribution is 2.39. The summed E-state index contributed by atoms with van der Waals surface area (Å²) in [5, 5.41) is 0. The fourth-order valence-electron chi connectivity index (χ4n) is 3.17. The normalized spacial score (nSPS) is 13.3. The van der Waals surface area contributed by atoms with Crippen LogP contribution in [0, 0.1) is 0 Å². The molecule has 0 spiro atoms. The molecule has 3 aromatic carbocycles. The lowest BCUT2D eigenvalue weighted by molar-refractivity contribution is -0.137. The molecule has 4 rings (SSSR count). The van der Waals surface area contributed by atoms with Crippen LogP contribution < -0.4 is 23.7 Å². The van der Waals surface area contributed by atoms with Gasteiger partial charge < -0.3 is 18.9 Å². The quantitative estimate of drug-likeness (QED) is 0.468. The maximum Gasteiger partial charge on any atom is 0.416 e. The Bertz CT molecular complexity index is 1280. The van der Waals surface area contributed by atoms with E-state index in [1.54, 1.807) is 24.3 Å². The van der Waals surface area contributed by atoms with Crippen molar-refractivity contribution in [1.82, 2.24) is 0 Å². The summed E-state index contributed by atoms with van der Waals surface area (Å²) < 4.78 is 90.0. The van der Waals surface area contributed by atoms with Crippen molar-refractivity contribution < 1.29 is 40.5 Å². The van der Waals surface area contributed by atoms with Gasteiger partial charge in [-0.2, -0.15) is 13.2 Å². The third-order valence-corrected chi connectivity index (χ3v) is 6.10. The molecule has 0 saturated carbocycles. The number of alkyl halides is 3. The topological polar surface area (TPSA) is 83.1 Å². The van der Waals surface area contributed by atoms with Crippen LogP contribution in [0.25, 0.3) is 0 Å². The SMILES string of the molecule is CCOc1ccc(Oc2ccc(C(F)(F)F)cc2NS(=O)(=O)c2ccc3c(c2)OCCO3)cc1. The molecule has 7 nitrogen and oxygen atoms in total. The van der Waals surface area contributed by atoms with Gasteiger partial charge in [-0.05, 0) is 61.5 Å². The Morgan fingerprint density at radius 2 is 1.59 bits per heavy atom. The third kappa shape index (κ3) is 5.30. The average molecular weight is 495 g/mol. The van der Waals surface area contributed by atoms with E-state index in [9.17, 15) is 21.6 Å². The molecule has 0 amide bonds. The van der Waals surface area contributed by atoms with Crippen molar-refractivity contribution in [2.75, 3.05) is 24.5 Å². The highest BCUT2D eigenvalue weighted by molar-refractivity contribution is 7.92. The molecule has 1 N–H and O–H groups in total. The minimum Gasteiger partial charge on any atom is -0.494 e. The maximum absolute atomic E-state index is 13.3. The van der Waals surface area contributed by atoms with E-state index in [2.05, 4.69) is 4.72 Å². The van der Waals surface area contributed by atoms with Crippen LogP contribution in [-0.4, -0.2) is 28.2 Å². The summed E-state index contributed by atoms with van der Waals surface area (Å²) in [6, 6.07) is 12.9. The second-order valence-electron chi connectivity index (χ2n) is 7.13. The number of fused-ring (bicyclic) bond motifs is 1. The van der Waals surface area contributed by atoms with Crippen LogP contribution in [0.15, 0.2) is 65.6 Å². The first-order chi connectivity index (χ1) is 16.2. The molecule has 1 aliphatic heterocycles. The molecular weight excluding hydrogens is 475 g/mol. The second kappa shape index (κ2) is 9.34. The van der Waals surface area contributed by atoms with Gasteiger partial charge in [-0.1, -0.05) is 0 Å². The summed E-state index contributed by atoms with van der Waals surface area (Å²) in [4.78, 5) is -0.207. The Labute approximate surface area is 194 Å². The van der Waals surface area contributed by atoms with Crippen LogP contribution in [-0.2, 0) is 16.2 Å². The van der Waals surface area contributed by atoms with Gasteiger partial charge >= 0.3 is 6.18 Å². The van der Waals surface area contributed by atoms with E-state index in [0.717, 1.165) is 12.1 Å². The number of ether oxygens (including phenoxy) is 4. The first-order valence-corrected chi connectivity index (χ1v) is 11.7. The predicted octanol–water partition coefficient (Wildman–Crippen LogP) is 5.47. The molecule has 11 heteroatoms. The van der Waals surface area contributed by atoms with Gasteiger partial charge in [-0.25, -0.2) is 8.42 Å². The predicted molar refractivity (Wildman–Crippen MR) is 117 cm³/mol. The number of anilines is 1. The van der Waals surface area contributed by atoms with Crippen LogP contribution in [0.3, 0.4) is 0 Å². The first-order valence-electron chi connectivity index (χ1n) is 10.2. The summed E-state index contributed by atoms with van der Waals surface area (Å²) in [5.41, 5.74) is -1.41. The van der Waals surface area contributed by atoms with Crippen LogP contribution >= 0.6 is 0 Å². The molecule has 3 aromatic rings. The second-order valence-corrected chi connectivity index (χ2v) is 8.81. The highest BCUT2D eigenvalue weighted by atomic mass is 32.2. The number of halogens is 3. The van der Waals surface area contributed by atoms with Gasteiger partial charge in [-0.15, -0.1) is 0 Å². The molecule has 0 saturated heterocycles. The first kappa shape index (κ1) is 23.6. The van der Waals surface area contributed by atoms with Crippen molar-refractivity contribution in [2.24, 2.45) is 0 Å². The molecule has 0 fully saturated rings. The van der Waals surface area contributed by atoms with E-state index in [1.165, 1.54) is 18.2 Å². The van der Waals surface area contributed by atoms with Gasteiger partial charge in [0.25, 0.3) is 10.0 Å². The van der Waals surface area contributed by atoms with E-state index in [1.807, 2.05) is 6.92 Å². The molecule has 0 radical (unpaired) electrons. The van der Waals surface area contributed by atoms with Crippen molar-refractivity contribution in [1.29, 1.82) is 0 Å². The Kier molecular flexibility index (Phi) is 6.47. The van der Waals surface area contributed by atoms with E-state index in [-0.39, 0.29) is 34.4 Å². The monoisotopic (exact) mass is 495 g/mol. The van der Waals surface area contributed by atoms with Crippen molar-refractivity contribution in [2.45, 2.75) is 18.0 Å². The van der Waals surface area contributed by atoms with Crippen molar-refractivity contribution in [3.8, 4) is 28.7 Å². The molecule has 0 aliphatic carbocycles. The molecule has 34 heavy (non-hydrogen) atoms. The Morgan fingerprint density at radius 3 is 2.26 bits per heavy atom. The molecule has 0 bridgehead atoms. The molecule has 0 unspecified atom stereocenters. The zero-order chi connectivity index (χ0) is 24.3. The summed E-state index contributed by atoms with van der Waals surface area (Å²) in [5.74, 6) is 1.36. The number of hydrogen-bond acceptors (Lipinski definition) is 6. The van der Waals surface area contributed by atoms with Crippen LogP contribution in [0.2, 0.25) is 0 Å².